The van der Waals surface area contributed by atoms with E-state index in [0.717, 1.165) is 23.1 Å². The van der Waals surface area contributed by atoms with E-state index in [1.807, 2.05) is 13.1 Å². The Morgan fingerprint density at radius 3 is 2.76 bits per heavy atom. The summed E-state index contributed by atoms with van der Waals surface area (Å²) in [5.41, 5.74) is 1.94. The summed E-state index contributed by atoms with van der Waals surface area (Å²) in [7, 11) is 1.36. The van der Waals surface area contributed by atoms with Crippen LogP contribution in [0.5, 0.6) is 0 Å². The number of fused-ring (bicyclic) bond motifs is 1. The molecule has 25 heavy (non-hydrogen) atoms. The Labute approximate surface area is 163 Å². The number of aryl methyl sites for hydroxylation is 1. The fourth-order valence-corrected chi connectivity index (χ4v) is 3.29. The summed E-state index contributed by atoms with van der Waals surface area (Å²) in [6.45, 7) is 7.43. The molecule has 0 aliphatic carbocycles. The maximum Gasteiger partial charge on any atom is 0.156 e. The maximum atomic E-state index is 8.08. The Morgan fingerprint density at radius 2 is 2.12 bits per heavy atom. The van der Waals surface area contributed by atoms with E-state index in [1.165, 1.54) is 23.1 Å². The molecule has 1 fully saturated rings. The van der Waals surface area contributed by atoms with Gasteiger partial charge in [0, 0.05) is 32.8 Å². The average Bonchev–Trinajstić information content (AvgIpc) is 3.08. The molecule has 3 heterocycles. The van der Waals surface area contributed by atoms with Crippen molar-refractivity contribution in [1.82, 2.24) is 14.5 Å². The van der Waals surface area contributed by atoms with Gasteiger partial charge in [-0.1, -0.05) is 6.92 Å². The van der Waals surface area contributed by atoms with Gasteiger partial charge in [-0.15, -0.1) is 0 Å². The second kappa shape index (κ2) is 8.96. The van der Waals surface area contributed by atoms with Crippen LogP contribution >= 0.6 is 30.4 Å². The lowest BCUT2D eigenvalue weighted by molar-refractivity contribution is -0.127. The van der Waals surface area contributed by atoms with Gasteiger partial charge in [0.1, 0.15) is 18.2 Å². The molecule has 0 radical (unpaired) electrons. The molecule has 2 aromatic rings. The van der Waals surface area contributed by atoms with Gasteiger partial charge < -0.3 is 23.7 Å². The summed E-state index contributed by atoms with van der Waals surface area (Å²) >= 11 is 2.13. The topological polar surface area (TPSA) is 89.6 Å². The first-order valence-electron chi connectivity index (χ1n) is 7.99. The van der Waals surface area contributed by atoms with E-state index in [0.29, 0.717) is 12.5 Å². The van der Waals surface area contributed by atoms with Crippen LogP contribution < -0.4 is 0 Å². The summed E-state index contributed by atoms with van der Waals surface area (Å²) in [5, 5.41) is 17.2. The lowest BCUT2D eigenvalue weighted by Gasteiger charge is -2.15. The van der Waals surface area contributed by atoms with Crippen molar-refractivity contribution in [2.24, 2.45) is 5.92 Å². The second-order valence-electron chi connectivity index (χ2n) is 6.60. The van der Waals surface area contributed by atoms with E-state index >= 15 is 0 Å². The van der Waals surface area contributed by atoms with Gasteiger partial charge in [-0.2, -0.15) is 0 Å². The summed E-state index contributed by atoms with van der Waals surface area (Å²) in [5.74, 6) is -1.02. The summed E-state index contributed by atoms with van der Waals surface area (Å²) in [6.07, 6.45) is 4.81. The normalized spacial score (nSPS) is 23.6. The molecule has 9 heteroatoms. The van der Waals surface area contributed by atoms with Crippen molar-refractivity contribution in [3.8, 4) is 0 Å². The first-order chi connectivity index (χ1) is 11.7. The summed E-state index contributed by atoms with van der Waals surface area (Å²) in [6, 6.07) is 2.06. The first kappa shape index (κ1) is 20.8. The SMILES string of the molecule is CC(C)(O)O.Cc1ncnc2c1ccn2C1CC(C)C(COSI)O1. The van der Waals surface area contributed by atoms with Crippen molar-refractivity contribution >= 4 is 41.5 Å². The largest absolute Gasteiger partial charge is 0.366 e. The van der Waals surface area contributed by atoms with Crippen LogP contribution in [0.15, 0.2) is 18.6 Å². The molecule has 0 spiro atoms. The standard InChI is InChI=1S/C13H16IN3O2S.C3H8O2/c1-8-5-12(19-11(8)6-18-20-14)17-4-3-10-9(2)15-7-16-13(10)17;1-3(2,4)5/h3-4,7-8,11-12H,5-6H2,1-2H3;4-5H,1-2H3. The first-order valence-corrected chi connectivity index (χ1v) is 11.3. The molecule has 0 saturated carbocycles. The van der Waals surface area contributed by atoms with Crippen LogP contribution in [0.4, 0.5) is 0 Å². The van der Waals surface area contributed by atoms with Crippen molar-refractivity contribution in [3.05, 3.63) is 24.3 Å². The monoisotopic (exact) mass is 481 g/mol. The lowest BCUT2D eigenvalue weighted by Crippen LogP contribution is -2.19. The predicted molar refractivity (Wildman–Crippen MR) is 106 cm³/mol. The van der Waals surface area contributed by atoms with Gasteiger partial charge in [-0.25, -0.2) is 9.97 Å². The van der Waals surface area contributed by atoms with Gasteiger partial charge in [0.2, 0.25) is 0 Å². The summed E-state index contributed by atoms with van der Waals surface area (Å²) in [4.78, 5) is 8.62. The summed E-state index contributed by atoms with van der Waals surface area (Å²) < 4.78 is 13.6. The molecule has 3 unspecified atom stereocenters. The van der Waals surface area contributed by atoms with Crippen LogP contribution in [-0.2, 0) is 8.92 Å². The quantitative estimate of drug-likeness (QED) is 0.393. The van der Waals surface area contributed by atoms with Crippen LogP contribution in [0.1, 0.15) is 39.1 Å². The van der Waals surface area contributed by atoms with Crippen molar-refractivity contribution in [3.63, 3.8) is 0 Å². The minimum Gasteiger partial charge on any atom is -0.366 e. The zero-order valence-corrected chi connectivity index (χ0v) is 17.7. The van der Waals surface area contributed by atoms with Crippen molar-refractivity contribution in [2.75, 3.05) is 6.61 Å². The lowest BCUT2D eigenvalue weighted by atomic mass is 10.0. The molecule has 3 rings (SSSR count). The number of rotatable bonds is 4. The zero-order chi connectivity index (χ0) is 18.6. The highest BCUT2D eigenvalue weighted by atomic mass is 127. The molecular formula is C16H24IN3O4S. The maximum absolute atomic E-state index is 8.08. The highest BCUT2D eigenvalue weighted by molar-refractivity contribution is 14.2. The van der Waals surface area contributed by atoms with E-state index < -0.39 is 5.79 Å². The van der Waals surface area contributed by atoms with Gasteiger partial charge >= 0.3 is 0 Å². The Balaban J connectivity index is 0.000000399. The fraction of sp³-hybridized carbons (Fsp3) is 0.625. The molecule has 7 nitrogen and oxygen atoms in total. The number of hydrogen-bond acceptors (Lipinski definition) is 7. The molecule has 0 bridgehead atoms. The van der Waals surface area contributed by atoms with Crippen LogP contribution in [0, 0.1) is 12.8 Å². The molecule has 0 amide bonds. The predicted octanol–water partition coefficient (Wildman–Crippen LogP) is 3.39. The van der Waals surface area contributed by atoms with Gasteiger partial charge in [0.25, 0.3) is 0 Å². The molecule has 2 aromatic heterocycles. The van der Waals surface area contributed by atoms with Crippen LogP contribution in [0.2, 0.25) is 0 Å². The third-order valence-corrected chi connectivity index (χ3v) is 4.82. The highest BCUT2D eigenvalue weighted by Crippen LogP contribution is 2.36. The van der Waals surface area contributed by atoms with Gasteiger partial charge in [-0.05, 0) is 39.2 Å². The van der Waals surface area contributed by atoms with E-state index in [4.69, 9.17) is 19.1 Å². The molecule has 1 saturated heterocycles. The number of hydrogen-bond donors (Lipinski definition) is 2. The third-order valence-electron chi connectivity index (χ3n) is 3.84. The van der Waals surface area contributed by atoms with E-state index in [-0.39, 0.29) is 12.3 Å². The van der Waals surface area contributed by atoms with Crippen LogP contribution in [-0.4, -0.2) is 43.2 Å². The highest BCUT2D eigenvalue weighted by Gasteiger charge is 2.34. The van der Waals surface area contributed by atoms with Gasteiger partial charge in [0.15, 0.2) is 5.79 Å². The van der Waals surface area contributed by atoms with E-state index in [2.05, 4.69) is 48.7 Å². The molecule has 3 atom stereocenters. The minimum atomic E-state index is -1.50. The van der Waals surface area contributed by atoms with Crippen molar-refractivity contribution in [2.45, 2.75) is 52.2 Å². The number of aromatic nitrogens is 3. The minimum absolute atomic E-state index is 0.0320. The van der Waals surface area contributed by atoms with E-state index in [1.54, 1.807) is 6.33 Å². The molecule has 1 aliphatic rings. The Bertz CT molecular complexity index is 686. The van der Waals surface area contributed by atoms with Crippen molar-refractivity contribution < 1.29 is 19.1 Å². The average molecular weight is 481 g/mol. The Hall–Kier alpha value is -0.460. The third kappa shape index (κ3) is 6.04. The Morgan fingerprint density at radius 1 is 1.44 bits per heavy atom. The molecular weight excluding hydrogens is 457 g/mol. The molecule has 0 aromatic carbocycles. The molecule has 2 N–H and O–H groups in total. The zero-order valence-electron chi connectivity index (χ0n) is 14.7. The molecule has 1 aliphatic heterocycles. The van der Waals surface area contributed by atoms with Gasteiger partial charge in [0.05, 0.1) is 27.6 Å². The van der Waals surface area contributed by atoms with Crippen LogP contribution in [0.25, 0.3) is 11.0 Å². The smallest absolute Gasteiger partial charge is 0.156 e. The van der Waals surface area contributed by atoms with Crippen LogP contribution in [0.3, 0.4) is 0 Å². The Kier molecular flexibility index (Phi) is 7.47. The second-order valence-corrected chi connectivity index (χ2v) is 8.04. The molecule has 140 valence electrons. The van der Waals surface area contributed by atoms with Gasteiger partial charge in [-0.3, -0.25) is 0 Å². The number of ether oxygens (including phenoxy) is 1. The number of nitrogens with zero attached hydrogens (tertiary/aromatic N) is 3. The number of halogens is 1. The van der Waals surface area contributed by atoms with Crippen molar-refractivity contribution in [1.29, 1.82) is 0 Å². The van der Waals surface area contributed by atoms with E-state index in [9.17, 15) is 0 Å². The fourth-order valence-electron chi connectivity index (χ4n) is 2.67. The number of aliphatic hydroxyl groups is 2.